The molecule has 0 heterocycles. The second-order valence-corrected chi connectivity index (χ2v) is 8.63. The maximum Gasteiger partial charge on any atom is 0.340 e. The van der Waals surface area contributed by atoms with Crippen LogP contribution in [0.3, 0.4) is 0 Å². The molecule has 158 valence electrons. The third kappa shape index (κ3) is 5.26. The molecule has 0 aromatic heterocycles. The average Bonchev–Trinajstić information content (AvgIpc) is 2.82. The van der Waals surface area contributed by atoms with Crippen LogP contribution in [0.4, 0.5) is 0 Å². The standard InChI is InChI=1S/C24H14I2N2O4/c25-21-17(11-27)18(12-28)22(26)20(24(30)32-14-16-9-5-2-6-10-16)19(21)23(29)31-13-15-7-3-1-4-8-15/h1-10H,13-14H2. The molecule has 0 amide bonds. The first-order valence-electron chi connectivity index (χ1n) is 9.25. The predicted molar refractivity (Wildman–Crippen MR) is 132 cm³/mol. The first-order valence-corrected chi connectivity index (χ1v) is 11.4. The minimum absolute atomic E-state index is 0.00722. The largest absolute Gasteiger partial charge is 0.457 e. The molecule has 3 rings (SSSR count). The Balaban J connectivity index is 2.00. The normalized spacial score (nSPS) is 10.0. The second-order valence-electron chi connectivity index (χ2n) is 6.48. The minimum atomic E-state index is -0.774. The monoisotopic (exact) mass is 648 g/mol. The minimum Gasteiger partial charge on any atom is -0.457 e. The Bertz CT molecular complexity index is 1150. The molecular weight excluding hydrogens is 634 g/mol. The lowest BCUT2D eigenvalue weighted by Crippen LogP contribution is -2.20. The Kier molecular flexibility index (Phi) is 8.20. The zero-order chi connectivity index (χ0) is 23.1. The van der Waals surface area contributed by atoms with Crippen molar-refractivity contribution >= 4 is 57.1 Å². The molecule has 0 aliphatic rings. The highest BCUT2D eigenvalue weighted by Crippen LogP contribution is 2.32. The van der Waals surface area contributed by atoms with Gasteiger partial charge in [-0.1, -0.05) is 60.7 Å². The number of nitriles is 2. The van der Waals surface area contributed by atoms with Crippen molar-refractivity contribution in [2.24, 2.45) is 0 Å². The number of hydrogen-bond donors (Lipinski definition) is 0. The summed E-state index contributed by atoms with van der Waals surface area (Å²) in [6.07, 6.45) is 0. The topological polar surface area (TPSA) is 100 Å². The number of esters is 2. The Morgan fingerprint density at radius 1 is 0.688 bits per heavy atom. The molecule has 0 radical (unpaired) electrons. The van der Waals surface area contributed by atoms with E-state index in [9.17, 15) is 20.1 Å². The van der Waals surface area contributed by atoms with Crippen LogP contribution in [0.1, 0.15) is 43.0 Å². The Morgan fingerprint density at radius 2 is 1.03 bits per heavy atom. The Morgan fingerprint density at radius 3 is 1.34 bits per heavy atom. The zero-order valence-electron chi connectivity index (χ0n) is 16.5. The molecule has 0 aliphatic carbocycles. The Hall–Kier alpha value is -2.96. The van der Waals surface area contributed by atoms with Crippen molar-refractivity contribution in [3.05, 3.63) is 101 Å². The van der Waals surface area contributed by atoms with Crippen molar-refractivity contribution in [2.45, 2.75) is 13.2 Å². The molecule has 3 aromatic carbocycles. The highest BCUT2D eigenvalue weighted by atomic mass is 127. The van der Waals surface area contributed by atoms with Crippen molar-refractivity contribution in [3.8, 4) is 12.1 Å². The van der Waals surface area contributed by atoms with Crippen LogP contribution in [0.5, 0.6) is 0 Å². The molecule has 32 heavy (non-hydrogen) atoms. The van der Waals surface area contributed by atoms with E-state index in [0.29, 0.717) is 0 Å². The maximum absolute atomic E-state index is 13.0. The van der Waals surface area contributed by atoms with Crippen LogP contribution < -0.4 is 0 Å². The molecule has 3 aromatic rings. The van der Waals surface area contributed by atoms with Gasteiger partial charge in [0, 0.05) is 7.14 Å². The van der Waals surface area contributed by atoms with Crippen LogP contribution in [0.15, 0.2) is 60.7 Å². The molecular formula is C24H14I2N2O4. The van der Waals surface area contributed by atoms with Gasteiger partial charge in [-0.2, -0.15) is 10.5 Å². The summed E-state index contributed by atoms with van der Waals surface area (Å²) in [5.41, 5.74) is 1.41. The summed E-state index contributed by atoms with van der Waals surface area (Å²) in [5, 5.41) is 19.1. The van der Waals surface area contributed by atoms with E-state index in [-0.39, 0.29) is 42.6 Å². The lowest BCUT2D eigenvalue weighted by atomic mass is 9.99. The molecule has 0 spiro atoms. The Labute approximate surface area is 212 Å². The molecule has 0 bridgehead atoms. The first-order chi connectivity index (χ1) is 15.5. The quantitative estimate of drug-likeness (QED) is 0.264. The lowest BCUT2D eigenvalue weighted by molar-refractivity contribution is 0.0423. The van der Waals surface area contributed by atoms with Crippen LogP contribution in [0.2, 0.25) is 0 Å². The van der Waals surface area contributed by atoms with Gasteiger partial charge >= 0.3 is 11.9 Å². The van der Waals surface area contributed by atoms with Gasteiger partial charge in [0.2, 0.25) is 0 Å². The van der Waals surface area contributed by atoms with E-state index in [2.05, 4.69) is 0 Å². The third-order valence-corrected chi connectivity index (χ3v) is 6.59. The highest BCUT2D eigenvalue weighted by Gasteiger charge is 2.31. The number of halogens is 2. The van der Waals surface area contributed by atoms with E-state index in [1.165, 1.54) is 0 Å². The van der Waals surface area contributed by atoms with Crippen LogP contribution >= 0.6 is 45.2 Å². The summed E-state index contributed by atoms with van der Waals surface area (Å²) in [7, 11) is 0. The van der Waals surface area contributed by atoms with Gasteiger partial charge < -0.3 is 9.47 Å². The zero-order valence-corrected chi connectivity index (χ0v) is 20.8. The van der Waals surface area contributed by atoms with Gasteiger partial charge in [-0.3, -0.25) is 0 Å². The number of benzene rings is 3. The number of carbonyl (C=O) groups is 2. The van der Waals surface area contributed by atoms with Crippen LogP contribution in [0.25, 0.3) is 0 Å². The number of rotatable bonds is 6. The molecule has 6 nitrogen and oxygen atoms in total. The number of ether oxygens (including phenoxy) is 2. The van der Waals surface area contributed by atoms with Gasteiger partial charge in [0.05, 0.1) is 22.3 Å². The molecule has 0 N–H and O–H groups in total. The highest BCUT2D eigenvalue weighted by molar-refractivity contribution is 14.1. The summed E-state index contributed by atoms with van der Waals surface area (Å²) in [5.74, 6) is -1.55. The van der Waals surface area contributed by atoms with Gasteiger partial charge in [-0.25, -0.2) is 9.59 Å². The van der Waals surface area contributed by atoms with Crippen molar-refractivity contribution in [2.75, 3.05) is 0 Å². The van der Waals surface area contributed by atoms with E-state index in [4.69, 9.17) is 9.47 Å². The van der Waals surface area contributed by atoms with Gasteiger partial charge in [0.1, 0.15) is 25.4 Å². The fraction of sp³-hybridized carbons (Fsp3) is 0.0833. The van der Waals surface area contributed by atoms with Gasteiger partial charge in [0.25, 0.3) is 0 Å². The summed E-state index contributed by atoms with van der Waals surface area (Å²) in [6.45, 7) is -0.0144. The van der Waals surface area contributed by atoms with Crippen LogP contribution in [-0.2, 0) is 22.7 Å². The molecule has 0 aliphatic heterocycles. The summed E-state index contributed by atoms with van der Waals surface area (Å²) in [4.78, 5) is 26.1. The molecule has 0 saturated heterocycles. The van der Waals surface area contributed by atoms with E-state index < -0.39 is 11.9 Å². The summed E-state index contributed by atoms with van der Waals surface area (Å²) in [6, 6.07) is 22.1. The van der Waals surface area contributed by atoms with Crippen molar-refractivity contribution in [3.63, 3.8) is 0 Å². The summed E-state index contributed by atoms with van der Waals surface area (Å²) >= 11 is 3.58. The molecule has 0 unspecified atom stereocenters. The number of hydrogen-bond acceptors (Lipinski definition) is 6. The maximum atomic E-state index is 13.0. The molecule has 0 fully saturated rings. The second kappa shape index (κ2) is 11.1. The third-order valence-electron chi connectivity index (χ3n) is 4.44. The van der Waals surface area contributed by atoms with Crippen molar-refractivity contribution in [1.29, 1.82) is 10.5 Å². The van der Waals surface area contributed by atoms with E-state index >= 15 is 0 Å². The van der Waals surface area contributed by atoms with Crippen LogP contribution in [-0.4, -0.2) is 11.9 Å². The van der Waals surface area contributed by atoms with Crippen molar-refractivity contribution in [1.82, 2.24) is 0 Å². The number of nitrogens with zero attached hydrogens (tertiary/aromatic N) is 2. The lowest BCUT2D eigenvalue weighted by Gasteiger charge is -2.16. The molecule has 0 saturated carbocycles. The van der Waals surface area contributed by atoms with E-state index in [1.54, 1.807) is 69.4 Å². The van der Waals surface area contributed by atoms with Gasteiger partial charge in [0.15, 0.2) is 0 Å². The fourth-order valence-corrected chi connectivity index (χ4v) is 4.63. The average molecular weight is 648 g/mol. The number of carbonyl (C=O) groups excluding carboxylic acids is 2. The molecule has 0 atom stereocenters. The first kappa shape index (κ1) is 23.7. The predicted octanol–water partition coefficient (Wildman–Crippen LogP) is 5.35. The van der Waals surface area contributed by atoms with Gasteiger partial charge in [-0.15, -0.1) is 0 Å². The van der Waals surface area contributed by atoms with E-state index in [1.807, 2.05) is 48.5 Å². The van der Waals surface area contributed by atoms with Crippen molar-refractivity contribution < 1.29 is 19.1 Å². The van der Waals surface area contributed by atoms with E-state index in [0.717, 1.165) is 11.1 Å². The van der Waals surface area contributed by atoms with Crippen LogP contribution in [0, 0.1) is 29.8 Å². The fourth-order valence-electron chi connectivity index (χ4n) is 2.87. The summed E-state index contributed by atoms with van der Waals surface area (Å²) < 4.78 is 11.2. The SMILES string of the molecule is N#Cc1c(I)c(C(=O)OCc2ccccc2)c(C(=O)OCc2ccccc2)c(I)c1C#N. The molecule has 8 heteroatoms. The van der Waals surface area contributed by atoms with Gasteiger partial charge in [-0.05, 0) is 56.3 Å². The smallest absolute Gasteiger partial charge is 0.340 e.